The van der Waals surface area contributed by atoms with Gasteiger partial charge in [-0.25, -0.2) is 0 Å². The Bertz CT molecular complexity index is 693. The van der Waals surface area contributed by atoms with Crippen molar-refractivity contribution in [3.05, 3.63) is 17.5 Å². The minimum Gasteiger partial charge on any atom is -0.360 e. The number of nitrogens with one attached hydrogen (secondary N) is 1. The number of rotatable bonds is 5. The van der Waals surface area contributed by atoms with Crippen molar-refractivity contribution in [3.63, 3.8) is 0 Å². The molecule has 1 aromatic rings. The van der Waals surface area contributed by atoms with E-state index in [1.54, 1.807) is 6.07 Å². The molecule has 1 aromatic heterocycles. The van der Waals surface area contributed by atoms with E-state index in [0.717, 1.165) is 51.3 Å². The standard InChI is InChI=1S/C19H29N5O3/c1-13-10-23(12-18(25)24-7-5-22(2)6-8-24)11-16(13)20-19(26)15-9-17(27-21-15)14-3-4-14/h9,13-14,16H,3-8,10-12H2,1-2H3,(H,20,26)/t13-,16-/m1/s1. The van der Waals surface area contributed by atoms with Crippen molar-refractivity contribution in [1.82, 2.24) is 25.2 Å². The second-order valence-corrected chi connectivity index (χ2v) is 8.32. The molecule has 148 valence electrons. The molecular weight excluding hydrogens is 346 g/mol. The average Bonchev–Trinajstić information content (AvgIpc) is 3.27. The number of carbonyl (C=O) groups is 2. The molecule has 8 heteroatoms. The van der Waals surface area contributed by atoms with E-state index < -0.39 is 0 Å². The third kappa shape index (κ3) is 4.32. The van der Waals surface area contributed by atoms with Crippen molar-refractivity contribution in [2.75, 3.05) is 52.9 Å². The first-order chi connectivity index (χ1) is 13.0. The van der Waals surface area contributed by atoms with E-state index in [2.05, 4.69) is 34.2 Å². The van der Waals surface area contributed by atoms with E-state index in [0.29, 0.717) is 30.6 Å². The van der Waals surface area contributed by atoms with Crippen LogP contribution in [-0.2, 0) is 4.79 Å². The van der Waals surface area contributed by atoms with Crippen LogP contribution in [0, 0.1) is 5.92 Å². The molecule has 2 atom stereocenters. The predicted molar refractivity (Wildman–Crippen MR) is 99.4 cm³/mol. The molecule has 0 radical (unpaired) electrons. The summed E-state index contributed by atoms with van der Waals surface area (Å²) in [4.78, 5) is 31.4. The van der Waals surface area contributed by atoms with Crippen molar-refractivity contribution in [1.29, 1.82) is 0 Å². The normalized spacial score (nSPS) is 27.1. The van der Waals surface area contributed by atoms with Gasteiger partial charge in [0.05, 0.1) is 6.54 Å². The fraction of sp³-hybridized carbons (Fsp3) is 0.737. The molecule has 4 rings (SSSR count). The second-order valence-electron chi connectivity index (χ2n) is 8.32. The Morgan fingerprint density at radius 2 is 1.96 bits per heavy atom. The number of piperazine rings is 1. The number of hydrogen-bond acceptors (Lipinski definition) is 6. The first-order valence-corrected chi connectivity index (χ1v) is 9.95. The second kappa shape index (κ2) is 7.59. The first-order valence-electron chi connectivity index (χ1n) is 9.95. The molecule has 2 amide bonds. The molecule has 0 unspecified atom stereocenters. The van der Waals surface area contributed by atoms with Gasteiger partial charge >= 0.3 is 0 Å². The summed E-state index contributed by atoms with van der Waals surface area (Å²) < 4.78 is 5.27. The van der Waals surface area contributed by atoms with Crippen molar-refractivity contribution in [2.24, 2.45) is 5.92 Å². The number of carbonyl (C=O) groups excluding carboxylic acids is 2. The smallest absolute Gasteiger partial charge is 0.273 e. The van der Waals surface area contributed by atoms with Gasteiger partial charge in [0.1, 0.15) is 5.76 Å². The number of likely N-dealkylation sites (N-methyl/N-ethyl adjacent to an activating group) is 1. The Labute approximate surface area is 159 Å². The maximum Gasteiger partial charge on any atom is 0.273 e. The van der Waals surface area contributed by atoms with E-state index in [-0.39, 0.29) is 17.9 Å². The van der Waals surface area contributed by atoms with Gasteiger partial charge in [-0.3, -0.25) is 14.5 Å². The van der Waals surface area contributed by atoms with Crippen LogP contribution < -0.4 is 5.32 Å². The Morgan fingerprint density at radius 3 is 2.67 bits per heavy atom. The number of nitrogens with zero attached hydrogens (tertiary/aromatic N) is 4. The van der Waals surface area contributed by atoms with Crippen LogP contribution >= 0.6 is 0 Å². The summed E-state index contributed by atoms with van der Waals surface area (Å²) in [5.74, 6) is 1.56. The molecule has 0 bridgehead atoms. The summed E-state index contributed by atoms with van der Waals surface area (Å²) in [6.07, 6.45) is 2.23. The van der Waals surface area contributed by atoms with Crippen LogP contribution in [0.3, 0.4) is 0 Å². The number of aromatic nitrogens is 1. The molecule has 3 fully saturated rings. The fourth-order valence-corrected chi connectivity index (χ4v) is 3.93. The Balaban J connectivity index is 1.27. The quantitative estimate of drug-likeness (QED) is 0.801. The predicted octanol–water partition coefficient (Wildman–Crippen LogP) is 0.376. The Hall–Kier alpha value is -1.93. The van der Waals surface area contributed by atoms with E-state index in [4.69, 9.17) is 4.52 Å². The van der Waals surface area contributed by atoms with Crippen LogP contribution in [-0.4, -0.2) is 90.6 Å². The molecule has 1 saturated carbocycles. The Morgan fingerprint density at radius 1 is 1.22 bits per heavy atom. The van der Waals surface area contributed by atoms with Crippen LogP contribution in [0.5, 0.6) is 0 Å². The molecule has 0 aromatic carbocycles. The molecule has 1 N–H and O–H groups in total. The van der Waals surface area contributed by atoms with Gasteiger partial charge in [-0.1, -0.05) is 12.1 Å². The molecule has 3 heterocycles. The Kier molecular flexibility index (Phi) is 5.19. The van der Waals surface area contributed by atoms with Crippen LogP contribution in [0.25, 0.3) is 0 Å². The van der Waals surface area contributed by atoms with E-state index in [9.17, 15) is 9.59 Å². The zero-order chi connectivity index (χ0) is 19.0. The maximum absolute atomic E-state index is 12.5. The molecule has 8 nitrogen and oxygen atoms in total. The van der Waals surface area contributed by atoms with Gasteiger partial charge in [-0.05, 0) is 25.8 Å². The lowest BCUT2D eigenvalue weighted by Gasteiger charge is -2.33. The minimum absolute atomic E-state index is 0.0267. The highest BCUT2D eigenvalue weighted by atomic mass is 16.5. The molecule has 2 aliphatic heterocycles. The molecule has 2 saturated heterocycles. The van der Waals surface area contributed by atoms with Gasteiger partial charge in [0.15, 0.2) is 5.69 Å². The van der Waals surface area contributed by atoms with Crippen LogP contribution in [0.4, 0.5) is 0 Å². The lowest BCUT2D eigenvalue weighted by atomic mass is 10.1. The average molecular weight is 375 g/mol. The van der Waals surface area contributed by atoms with Crippen molar-refractivity contribution < 1.29 is 14.1 Å². The maximum atomic E-state index is 12.5. The van der Waals surface area contributed by atoms with Gasteiger partial charge in [0, 0.05) is 57.3 Å². The first kappa shape index (κ1) is 18.4. The number of likely N-dealkylation sites (tertiary alicyclic amines) is 1. The zero-order valence-electron chi connectivity index (χ0n) is 16.2. The van der Waals surface area contributed by atoms with Gasteiger partial charge in [-0.2, -0.15) is 0 Å². The van der Waals surface area contributed by atoms with E-state index in [1.165, 1.54) is 0 Å². The lowest BCUT2D eigenvalue weighted by molar-refractivity contribution is -0.133. The lowest BCUT2D eigenvalue weighted by Crippen LogP contribution is -2.50. The SMILES string of the molecule is C[C@@H]1CN(CC(=O)N2CCN(C)CC2)C[C@H]1NC(=O)c1cc(C2CC2)on1. The summed E-state index contributed by atoms with van der Waals surface area (Å²) >= 11 is 0. The van der Waals surface area contributed by atoms with Gasteiger partial charge < -0.3 is 19.6 Å². The molecular formula is C19H29N5O3. The van der Waals surface area contributed by atoms with Crippen LogP contribution in [0.2, 0.25) is 0 Å². The molecule has 0 spiro atoms. The largest absolute Gasteiger partial charge is 0.360 e. The molecule has 3 aliphatic rings. The summed E-state index contributed by atoms with van der Waals surface area (Å²) in [6, 6.07) is 1.79. The summed E-state index contributed by atoms with van der Waals surface area (Å²) in [7, 11) is 2.08. The third-order valence-electron chi connectivity index (χ3n) is 5.96. The minimum atomic E-state index is -0.185. The monoisotopic (exact) mass is 375 g/mol. The number of hydrogen-bond donors (Lipinski definition) is 1. The molecule has 27 heavy (non-hydrogen) atoms. The van der Waals surface area contributed by atoms with Gasteiger partial charge in [0.25, 0.3) is 5.91 Å². The fourth-order valence-electron chi connectivity index (χ4n) is 3.93. The van der Waals surface area contributed by atoms with Gasteiger partial charge in [-0.15, -0.1) is 0 Å². The van der Waals surface area contributed by atoms with Crippen LogP contribution in [0.1, 0.15) is 41.9 Å². The zero-order valence-corrected chi connectivity index (χ0v) is 16.2. The van der Waals surface area contributed by atoms with Gasteiger partial charge in [0.2, 0.25) is 5.91 Å². The van der Waals surface area contributed by atoms with Crippen molar-refractivity contribution in [2.45, 2.75) is 31.7 Å². The van der Waals surface area contributed by atoms with E-state index >= 15 is 0 Å². The van der Waals surface area contributed by atoms with Crippen LogP contribution in [0.15, 0.2) is 10.6 Å². The topological polar surface area (TPSA) is 81.9 Å². The summed E-state index contributed by atoms with van der Waals surface area (Å²) in [5.41, 5.74) is 0.357. The van der Waals surface area contributed by atoms with E-state index in [1.807, 2.05) is 4.90 Å². The van der Waals surface area contributed by atoms with Crippen molar-refractivity contribution in [3.8, 4) is 0 Å². The summed E-state index contributed by atoms with van der Waals surface area (Å²) in [6.45, 7) is 7.52. The molecule has 1 aliphatic carbocycles. The highest BCUT2D eigenvalue weighted by Crippen LogP contribution is 2.40. The number of amides is 2. The van der Waals surface area contributed by atoms with Crippen molar-refractivity contribution >= 4 is 11.8 Å². The summed E-state index contributed by atoms with van der Waals surface area (Å²) in [5, 5.41) is 6.99. The third-order valence-corrected chi connectivity index (χ3v) is 5.96. The highest BCUT2D eigenvalue weighted by Gasteiger charge is 2.34. The highest BCUT2D eigenvalue weighted by molar-refractivity contribution is 5.92.